The first-order valence-electron chi connectivity index (χ1n) is 6.81. The second kappa shape index (κ2) is 6.88. The van der Waals surface area contributed by atoms with E-state index in [2.05, 4.69) is 41.4 Å². The molecular formula is C15H24N2O. The van der Waals surface area contributed by atoms with Gasteiger partial charge in [-0.25, -0.2) is 0 Å². The lowest BCUT2D eigenvalue weighted by Gasteiger charge is -2.33. The number of benzene rings is 1. The van der Waals surface area contributed by atoms with Gasteiger partial charge in [0.05, 0.1) is 6.61 Å². The minimum Gasteiger partial charge on any atom is -0.383 e. The Morgan fingerprint density at radius 2 is 2.11 bits per heavy atom. The molecule has 1 atom stereocenters. The van der Waals surface area contributed by atoms with Crippen LogP contribution in [-0.4, -0.2) is 44.3 Å². The van der Waals surface area contributed by atoms with E-state index in [9.17, 15) is 0 Å². The fourth-order valence-corrected chi connectivity index (χ4v) is 2.51. The molecule has 1 aromatic rings. The molecule has 2 rings (SSSR count). The van der Waals surface area contributed by atoms with E-state index in [1.807, 2.05) is 0 Å². The Hall–Kier alpha value is -0.900. The summed E-state index contributed by atoms with van der Waals surface area (Å²) >= 11 is 0. The Morgan fingerprint density at radius 1 is 1.33 bits per heavy atom. The van der Waals surface area contributed by atoms with E-state index in [1.165, 1.54) is 24.1 Å². The number of rotatable bonds is 6. The van der Waals surface area contributed by atoms with Crippen LogP contribution in [0.5, 0.6) is 0 Å². The van der Waals surface area contributed by atoms with Crippen LogP contribution in [-0.2, 0) is 17.7 Å². The quantitative estimate of drug-likeness (QED) is 0.775. The molecule has 0 spiro atoms. The number of nitrogens with zero attached hydrogens (tertiary/aromatic N) is 1. The molecule has 0 amide bonds. The van der Waals surface area contributed by atoms with Crippen molar-refractivity contribution >= 4 is 0 Å². The van der Waals surface area contributed by atoms with E-state index in [4.69, 9.17) is 4.74 Å². The third-order valence-corrected chi connectivity index (χ3v) is 3.71. The second-order valence-corrected chi connectivity index (χ2v) is 5.04. The first-order chi connectivity index (χ1) is 8.81. The summed E-state index contributed by atoms with van der Waals surface area (Å²) in [6.07, 6.45) is 1.18. The van der Waals surface area contributed by atoms with E-state index in [-0.39, 0.29) is 0 Å². The summed E-state index contributed by atoms with van der Waals surface area (Å²) in [6.45, 7) is 7.31. The molecule has 0 radical (unpaired) electrons. The minimum absolute atomic E-state index is 0.579. The van der Waals surface area contributed by atoms with Gasteiger partial charge in [0.25, 0.3) is 0 Å². The zero-order valence-corrected chi connectivity index (χ0v) is 11.5. The molecule has 0 aliphatic carbocycles. The lowest BCUT2D eigenvalue weighted by Crippen LogP contribution is -2.43. The standard InChI is InChI=1S/C15H24N2O/c1-13(11-16-8-10-18-2)17-9-7-14-5-3-4-6-15(14)12-17/h3-6,13,16H,7-12H2,1-2H3. The summed E-state index contributed by atoms with van der Waals surface area (Å²) in [5, 5.41) is 3.44. The number of fused-ring (bicyclic) bond motifs is 1. The van der Waals surface area contributed by atoms with Crippen LogP contribution in [0.3, 0.4) is 0 Å². The molecule has 3 heteroatoms. The van der Waals surface area contributed by atoms with E-state index < -0.39 is 0 Å². The maximum absolute atomic E-state index is 5.04. The molecule has 0 saturated carbocycles. The van der Waals surface area contributed by atoms with Crippen molar-refractivity contribution in [3.05, 3.63) is 35.4 Å². The highest BCUT2D eigenvalue weighted by Crippen LogP contribution is 2.19. The van der Waals surface area contributed by atoms with Gasteiger partial charge in [-0.3, -0.25) is 4.90 Å². The number of hydrogen-bond donors (Lipinski definition) is 1. The fraction of sp³-hybridized carbons (Fsp3) is 0.600. The SMILES string of the molecule is COCCNCC(C)N1CCc2ccccc2C1. The Balaban J connectivity index is 1.81. The van der Waals surface area contributed by atoms with Gasteiger partial charge in [0.2, 0.25) is 0 Å². The van der Waals surface area contributed by atoms with Gasteiger partial charge in [-0.05, 0) is 24.5 Å². The predicted molar refractivity (Wildman–Crippen MR) is 74.8 cm³/mol. The Labute approximate surface area is 110 Å². The fourth-order valence-electron chi connectivity index (χ4n) is 2.51. The summed E-state index contributed by atoms with van der Waals surface area (Å²) in [5.74, 6) is 0. The molecule has 0 bridgehead atoms. The van der Waals surface area contributed by atoms with Gasteiger partial charge in [0, 0.05) is 39.3 Å². The van der Waals surface area contributed by atoms with Crippen molar-refractivity contribution in [3.8, 4) is 0 Å². The Morgan fingerprint density at radius 3 is 2.89 bits per heavy atom. The molecule has 0 saturated heterocycles. The monoisotopic (exact) mass is 248 g/mol. The number of hydrogen-bond acceptors (Lipinski definition) is 3. The summed E-state index contributed by atoms with van der Waals surface area (Å²) in [6, 6.07) is 9.38. The third-order valence-electron chi connectivity index (χ3n) is 3.71. The number of nitrogens with one attached hydrogen (secondary N) is 1. The average molecular weight is 248 g/mol. The van der Waals surface area contributed by atoms with Gasteiger partial charge >= 0.3 is 0 Å². The third kappa shape index (κ3) is 3.55. The molecule has 18 heavy (non-hydrogen) atoms. The van der Waals surface area contributed by atoms with Gasteiger partial charge in [-0.1, -0.05) is 24.3 Å². The lowest BCUT2D eigenvalue weighted by atomic mass is 9.99. The molecule has 0 fully saturated rings. The molecule has 3 nitrogen and oxygen atoms in total. The van der Waals surface area contributed by atoms with E-state index in [1.54, 1.807) is 7.11 Å². The highest BCUT2D eigenvalue weighted by Gasteiger charge is 2.19. The van der Waals surface area contributed by atoms with Crippen molar-refractivity contribution in [1.29, 1.82) is 0 Å². The average Bonchev–Trinajstić information content (AvgIpc) is 2.43. The van der Waals surface area contributed by atoms with Crippen LogP contribution in [0.15, 0.2) is 24.3 Å². The van der Waals surface area contributed by atoms with Crippen molar-refractivity contribution in [2.75, 3.05) is 33.4 Å². The topological polar surface area (TPSA) is 24.5 Å². The van der Waals surface area contributed by atoms with Crippen LogP contribution in [0.25, 0.3) is 0 Å². The summed E-state index contributed by atoms with van der Waals surface area (Å²) in [5.41, 5.74) is 3.01. The van der Waals surface area contributed by atoms with Crippen molar-refractivity contribution in [2.24, 2.45) is 0 Å². The second-order valence-electron chi connectivity index (χ2n) is 5.04. The van der Waals surface area contributed by atoms with Crippen LogP contribution < -0.4 is 5.32 Å². The maximum Gasteiger partial charge on any atom is 0.0587 e. The summed E-state index contributed by atoms with van der Waals surface area (Å²) in [7, 11) is 1.74. The van der Waals surface area contributed by atoms with Gasteiger partial charge < -0.3 is 10.1 Å². The van der Waals surface area contributed by atoms with Crippen molar-refractivity contribution in [2.45, 2.75) is 25.9 Å². The lowest BCUT2D eigenvalue weighted by molar-refractivity contribution is 0.173. The molecule has 100 valence electrons. The molecule has 1 heterocycles. The van der Waals surface area contributed by atoms with Gasteiger partial charge in [-0.2, -0.15) is 0 Å². The summed E-state index contributed by atoms with van der Waals surface area (Å²) in [4.78, 5) is 2.56. The Kier molecular flexibility index (Phi) is 5.17. The highest BCUT2D eigenvalue weighted by atomic mass is 16.5. The van der Waals surface area contributed by atoms with Crippen molar-refractivity contribution in [3.63, 3.8) is 0 Å². The number of ether oxygens (including phenoxy) is 1. The van der Waals surface area contributed by atoms with Crippen molar-refractivity contribution in [1.82, 2.24) is 10.2 Å². The number of methoxy groups -OCH3 is 1. The zero-order chi connectivity index (χ0) is 12.8. The van der Waals surface area contributed by atoms with E-state index in [0.717, 1.165) is 26.2 Å². The smallest absolute Gasteiger partial charge is 0.0587 e. The maximum atomic E-state index is 5.04. The first kappa shape index (κ1) is 13.5. The molecule has 0 aromatic heterocycles. The minimum atomic E-state index is 0.579. The van der Waals surface area contributed by atoms with Crippen LogP contribution in [0.2, 0.25) is 0 Å². The van der Waals surface area contributed by atoms with Gasteiger partial charge in [0.15, 0.2) is 0 Å². The largest absolute Gasteiger partial charge is 0.383 e. The summed E-state index contributed by atoms with van der Waals surface area (Å²) < 4.78 is 5.04. The molecule has 1 aliphatic rings. The zero-order valence-electron chi connectivity index (χ0n) is 11.5. The Bertz CT molecular complexity index is 367. The normalized spacial score (nSPS) is 17.4. The predicted octanol–water partition coefficient (Wildman–Crippen LogP) is 1.67. The van der Waals surface area contributed by atoms with Gasteiger partial charge in [-0.15, -0.1) is 0 Å². The molecular weight excluding hydrogens is 224 g/mol. The molecule has 1 aromatic carbocycles. The van der Waals surface area contributed by atoms with Crippen molar-refractivity contribution < 1.29 is 4.74 Å². The molecule has 1 unspecified atom stereocenters. The van der Waals surface area contributed by atoms with E-state index >= 15 is 0 Å². The highest BCUT2D eigenvalue weighted by molar-refractivity contribution is 5.29. The van der Waals surface area contributed by atoms with Crippen LogP contribution >= 0.6 is 0 Å². The van der Waals surface area contributed by atoms with Crippen LogP contribution in [0, 0.1) is 0 Å². The molecule has 1 aliphatic heterocycles. The first-order valence-corrected chi connectivity index (χ1v) is 6.81. The van der Waals surface area contributed by atoms with Crippen LogP contribution in [0.4, 0.5) is 0 Å². The van der Waals surface area contributed by atoms with Gasteiger partial charge in [0.1, 0.15) is 0 Å². The molecule has 1 N–H and O–H groups in total. The van der Waals surface area contributed by atoms with Crippen LogP contribution in [0.1, 0.15) is 18.1 Å². The van der Waals surface area contributed by atoms with E-state index in [0.29, 0.717) is 6.04 Å².